The van der Waals surface area contributed by atoms with Crippen molar-refractivity contribution in [3.8, 4) is 0 Å². The summed E-state index contributed by atoms with van der Waals surface area (Å²) in [4.78, 5) is 14.0. The Kier molecular flexibility index (Phi) is 3.79. The molecule has 3 heteroatoms. The molecule has 1 unspecified atom stereocenters. The molecule has 1 aliphatic rings. The number of nitrogens with zero attached hydrogens (tertiary/aromatic N) is 1. The molecular weight excluding hydrogens is 212 g/mol. The Morgan fingerprint density at radius 3 is 2.94 bits per heavy atom. The van der Waals surface area contributed by atoms with Gasteiger partial charge in [-0.15, -0.1) is 0 Å². The molecule has 0 fully saturated rings. The number of nitrogens with one attached hydrogen (secondary N) is 1. The summed E-state index contributed by atoms with van der Waals surface area (Å²) < 4.78 is 0. The van der Waals surface area contributed by atoms with Crippen molar-refractivity contribution in [1.82, 2.24) is 5.32 Å². The highest BCUT2D eigenvalue weighted by Gasteiger charge is 2.26. The molecule has 1 aromatic carbocycles. The van der Waals surface area contributed by atoms with E-state index in [4.69, 9.17) is 0 Å². The quantitative estimate of drug-likeness (QED) is 0.868. The van der Waals surface area contributed by atoms with E-state index in [1.54, 1.807) is 0 Å². The molecule has 0 saturated carbocycles. The number of fused-ring (bicyclic) bond motifs is 1. The van der Waals surface area contributed by atoms with Gasteiger partial charge in [0.15, 0.2) is 0 Å². The maximum atomic E-state index is 12.1. The van der Waals surface area contributed by atoms with Gasteiger partial charge < -0.3 is 10.2 Å². The predicted octanol–water partition coefficient (Wildman–Crippen LogP) is 2.48. The van der Waals surface area contributed by atoms with Crippen LogP contribution in [0, 0.1) is 0 Å². The van der Waals surface area contributed by atoms with Gasteiger partial charge in [-0.05, 0) is 31.5 Å². The van der Waals surface area contributed by atoms with Gasteiger partial charge in [0.05, 0.1) is 0 Å². The minimum absolute atomic E-state index is 0.245. The molecule has 92 valence electrons. The number of para-hydroxylation sites is 1. The topological polar surface area (TPSA) is 32.3 Å². The standard InChI is InChI=1S/C14H20N2O/c1-3-6-14(17)16-10-9-12(15-2)11-7-4-5-8-13(11)16/h4-5,7-8,12,15H,3,6,9-10H2,1-2H3. The van der Waals surface area contributed by atoms with E-state index in [0.717, 1.165) is 25.1 Å². The van der Waals surface area contributed by atoms with Gasteiger partial charge in [-0.2, -0.15) is 0 Å². The first-order chi connectivity index (χ1) is 8.27. The first kappa shape index (κ1) is 12.1. The van der Waals surface area contributed by atoms with Crippen LogP contribution in [0.25, 0.3) is 0 Å². The van der Waals surface area contributed by atoms with E-state index in [0.29, 0.717) is 12.5 Å². The van der Waals surface area contributed by atoms with Crippen LogP contribution >= 0.6 is 0 Å². The van der Waals surface area contributed by atoms with E-state index in [-0.39, 0.29) is 5.91 Å². The first-order valence-corrected chi connectivity index (χ1v) is 6.34. The molecule has 0 saturated heterocycles. The zero-order valence-corrected chi connectivity index (χ0v) is 10.6. The first-order valence-electron chi connectivity index (χ1n) is 6.34. The van der Waals surface area contributed by atoms with Crippen molar-refractivity contribution >= 4 is 11.6 Å². The number of hydrogen-bond acceptors (Lipinski definition) is 2. The fourth-order valence-electron chi connectivity index (χ4n) is 2.47. The summed E-state index contributed by atoms with van der Waals surface area (Å²) in [6.07, 6.45) is 2.54. The molecule has 1 amide bonds. The third-order valence-electron chi connectivity index (χ3n) is 3.36. The average molecular weight is 232 g/mol. The molecule has 1 heterocycles. The van der Waals surface area contributed by atoms with E-state index < -0.39 is 0 Å². The molecule has 0 bridgehead atoms. The maximum absolute atomic E-state index is 12.1. The van der Waals surface area contributed by atoms with Crippen molar-refractivity contribution in [3.63, 3.8) is 0 Å². The Bertz CT molecular complexity index is 403. The van der Waals surface area contributed by atoms with Crippen molar-refractivity contribution in [2.24, 2.45) is 0 Å². The second kappa shape index (κ2) is 5.32. The van der Waals surface area contributed by atoms with Crippen LogP contribution in [-0.2, 0) is 4.79 Å². The van der Waals surface area contributed by atoms with Gasteiger partial charge in [0.1, 0.15) is 0 Å². The van der Waals surface area contributed by atoms with E-state index in [1.165, 1.54) is 5.56 Å². The number of amides is 1. The maximum Gasteiger partial charge on any atom is 0.226 e. The van der Waals surface area contributed by atoms with Crippen LogP contribution < -0.4 is 10.2 Å². The van der Waals surface area contributed by atoms with Crippen LogP contribution in [-0.4, -0.2) is 19.5 Å². The van der Waals surface area contributed by atoms with Gasteiger partial charge in [0.25, 0.3) is 0 Å². The molecule has 17 heavy (non-hydrogen) atoms. The van der Waals surface area contributed by atoms with Gasteiger partial charge in [0, 0.05) is 24.7 Å². The summed E-state index contributed by atoms with van der Waals surface area (Å²) in [6, 6.07) is 8.57. The Morgan fingerprint density at radius 2 is 2.24 bits per heavy atom. The Morgan fingerprint density at radius 1 is 1.47 bits per heavy atom. The fourth-order valence-corrected chi connectivity index (χ4v) is 2.47. The number of rotatable bonds is 3. The summed E-state index contributed by atoms with van der Waals surface area (Å²) in [5.41, 5.74) is 2.32. The van der Waals surface area contributed by atoms with Gasteiger partial charge in [-0.1, -0.05) is 25.1 Å². The van der Waals surface area contributed by atoms with E-state index >= 15 is 0 Å². The van der Waals surface area contributed by atoms with Crippen molar-refractivity contribution < 1.29 is 4.79 Å². The highest BCUT2D eigenvalue weighted by molar-refractivity contribution is 5.94. The molecule has 1 N–H and O–H groups in total. The second-order valence-corrected chi connectivity index (χ2v) is 4.48. The lowest BCUT2D eigenvalue weighted by molar-refractivity contribution is -0.118. The van der Waals surface area contributed by atoms with Crippen LogP contribution in [0.2, 0.25) is 0 Å². The molecule has 0 radical (unpaired) electrons. The molecule has 0 aliphatic carbocycles. The molecule has 2 rings (SSSR count). The number of carbonyl (C=O) groups is 1. The number of benzene rings is 1. The summed E-state index contributed by atoms with van der Waals surface area (Å²) >= 11 is 0. The molecule has 1 aliphatic heterocycles. The van der Waals surface area contributed by atoms with Crippen LogP contribution in [0.4, 0.5) is 5.69 Å². The zero-order valence-electron chi connectivity index (χ0n) is 10.6. The lowest BCUT2D eigenvalue weighted by Crippen LogP contribution is -2.38. The Balaban J connectivity index is 2.31. The normalized spacial score (nSPS) is 18.9. The van der Waals surface area contributed by atoms with Gasteiger partial charge in [-0.3, -0.25) is 4.79 Å². The molecular formula is C14H20N2O. The molecule has 0 spiro atoms. The summed E-state index contributed by atoms with van der Waals surface area (Å²) in [5.74, 6) is 0.245. The largest absolute Gasteiger partial charge is 0.313 e. The van der Waals surface area contributed by atoms with E-state index in [9.17, 15) is 4.79 Å². The molecule has 1 aromatic rings. The van der Waals surface area contributed by atoms with Crippen molar-refractivity contribution in [2.75, 3.05) is 18.5 Å². The third-order valence-corrected chi connectivity index (χ3v) is 3.36. The van der Waals surface area contributed by atoms with Gasteiger partial charge in [-0.25, -0.2) is 0 Å². The van der Waals surface area contributed by atoms with Gasteiger partial charge in [0.2, 0.25) is 5.91 Å². The van der Waals surface area contributed by atoms with E-state index in [1.807, 2.05) is 37.1 Å². The molecule has 1 atom stereocenters. The second-order valence-electron chi connectivity index (χ2n) is 4.48. The van der Waals surface area contributed by atoms with Gasteiger partial charge >= 0.3 is 0 Å². The lowest BCUT2D eigenvalue weighted by atomic mass is 9.96. The molecule has 3 nitrogen and oxygen atoms in total. The summed E-state index contributed by atoms with van der Waals surface area (Å²) in [7, 11) is 1.98. The SMILES string of the molecule is CCCC(=O)N1CCC(NC)c2ccccc21. The molecule has 0 aromatic heterocycles. The van der Waals surface area contributed by atoms with Crippen LogP contribution in [0.1, 0.15) is 37.8 Å². The van der Waals surface area contributed by atoms with E-state index in [2.05, 4.69) is 11.4 Å². The zero-order chi connectivity index (χ0) is 12.3. The van der Waals surface area contributed by atoms with Crippen LogP contribution in [0.3, 0.4) is 0 Å². The number of hydrogen-bond donors (Lipinski definition) is 1. The summed E-state index contributed by atoms with van der Waals surface area (Å²) in [5, 5.41) is 3.31. The minimum Gasteiger partial charge on any atom is -0.313 e. The predicted molar refractivity (Wildman–Crippen MR) is 70.1 cm³/mol. The Labute approximate surface area is 103 Å². The van der Waals surface area contributed by atoms with Crippen molar-refractivity contribution in [3.05, 3.63) is 29.8 Å². The van der Waals surface area contributed by atoms with Crippen molar-refractivity contribution in [2.45, 2.75) is 32.2 Å². The van der Waals surface area contributed by atoms with Crippen LogP contribution in [0.15, 0.2) is 24.3 Å². The smallest absolute Gasteiger partial charge is 0.226 e. The highest BCUT2D eigenvalue weighted by atomic mass is 16.2. The lowest BCUT2D eigenvalue weighted by Gasteiger charge is -2.34. The van der Waals surface area contributed by atoms with Crippen LogP contribution in [0.5, 0.6) is 0 Å². The monoisotopic (exact) mass is 232 g/mol. The average Bonchev–Trinajstić information content (AvgIpc) is 2.37. The van der Waals surface area contributed by atoms with Crippen molar-refractivity contribution in [1.29, 1.82) is 0 Å². The third kappa shape index (κ3) is 2.34. The minimum atomic E-state index is 0.245. The Hall–Kier alpha value is -1.35. The number of carbonyl (C=O) groups excluding carboxylic acids is 1. The highest BCUT2D eigenvalue weighted by Crippen LogP contribution is 2.33. The number of anilines is 1. The summed E-state index contributed by atoms with van der Waals surface area (Å²) in [6.45, 7) is 2.87. The fraction of sp³-hybridized carbons (Fsp3) is 0.500.